The van der Waals surface area contributed by atoms with Crippen molar-refractivity contribution in [2.75, 3.05) is 67.7 Å². The van der Waals surface area contributed by atoms with Crippen molar-refractivity contribution >= 4 is 55.4 Å². The fourth-order valence-corrected chi connectivity index (χ4v) is 15.3. The number of nitro benzene ring substituents is 1. The van der Waals surface area contributed by atoms with Gasteiger partial charge in [0.15, 0.2) is 23.1 Å². The van der Waals surface area contributed by atoms with Gasteiger partial charge in [0.2, 0.25) is 5.88 Å². The Morgan fingerprint density at radius 3 is 2.51 bits per heavy atom. The summed E-state index contributed by atoms with van der Waals surface area (Å²) in [6.07, 6.45) is 8.26. The molecule has 1 amide bonds. The van der Waals surface area contributed by atoms with Gasteiger partial charge < -0.3 is 44.2 Å². The van der Waals surface area contributed by atoms with Gasteiger partial charge in [-0.1, -0.05) is 24.3 Å². The van der Waals surface area contributed by atoms with E-state index in [1.54, 1.807) is 25.3 Å². The van der Waals surface area contributed by atoms with Gasteiger partial charge >= 0.3 is 0 Å². The molecule has 0 unspecified atom stereocenters. The lowest BCUT2D eigenvalue weighted by molar-refractivity contribution is -0.384. The van der Waals surface area contributed by atoms with Crippen LogP contribution in [-0.2, 0) is 21.3 Å². The Hall–Kier alpha value is -7.11. The van der Waals surface area contributed by atoms with Crippen molar-refractivity contribution in [1.29, 1.82) is 0 Å². The molecule has 19 nitrogen and oxygen atoms in total. The van der Waals surface area contributed by atoms with Gasteiger partial charge in [0, 0.05) is 86.9 Å². The summed E-state index contributed by atoms with van der Waals surface area (Å²) >= 11 is 0. The van der Waals surface area contributed by atoms with Gasteiger partial charge in [-0.25, -0.2) is 21.9 Å². The zero-order valence-electron chi connectivity index (χ0n) is 47.4. The molecule has 7 heterocycles. The number of anilines is 4. The lowest BCUT2D eigenvalue weighted by Crippen LogP contribution is -2.59. The topological polar surface area (TPSA) is 217 Å². The first kappa shape index (κ1) is 56.0. The normalized spacial score (nSPS) is 25.4. The smallest absolute Gasteiger partial charge is 0.297 e. The summed E-state index contributed by atoms with van der Waals surface area (Å²) in [4.78, 5) is 43.8. The van der Waals surface area contributed by atoms with Crippen molar-refractivity contribution in [2.24, 2.45) is 11.3 Å². The Labute approximate surface area is 486 Å². The van der Waals surface area contributed by atoms with Crippen LogP contribution in [0.3, 0.4) is 0 Å². The first-order chi connectivity index (χ1) is 40.4. The number of hydrogen-bond acceptors (Lipinski definition) is 16. The van der Waals surface area contributed by atoms with Gasteiger partial charge in [0.05, 0.1) is 57.5 Å². The summed E-state index contributed by atoms with van der Waals surface area (Å²) in [7, 11) is -4.76. The van der Waals surface area contributed by atoms with E-state index in [1.165, 1.54) is 18.2 Å². The lowest BCUT2D eigenvalue weighted by Gasteiger charge is -2.58. The highest BCUT2D eigenvalue weighted by molar-refractivity contribution is 7.90. The molecule has 22 heteroatoms. The quantitative estimate of drug-likeness (QED) is 0.0625. The molecule has 2 aliphatic carbocycles. The maximum absolute atomic E-state index is 15.0. The maximum atomic E-state index is 15.0. The van der Waals surface area contributed by atoms with E-state index in [0.717, 1.165) is 85.9 Å². The zero-order chi connectivity index (χ0) is 58.2. The second kappa shape index (κ2) is 22.1. The Morgan fingerprint density at radius 1 is 0.940 bits per heavy atom. The van der Waals surface area contributed by atoms with Crippen LogP contribution in [0, 0.1) is 33.1 Å². The number of pyridine rings is 1. The van der Waals surface area contributed by atoms with E-state index in [-0.39, 0.29) is 65.8 Å². The van der Waals surface area contributed by atoms with Gasteiger partial charge in [-0.05, 0) is 144 Å². The van der Waals surface area contributed by atoms with Crippen LogP contribution in [0.4, 0.5) is 37.2 Å². The zero-order valence-corrected chi connectivity index (χ0v) is 48.2. The molecule has 5 aliphatic heterocycles. The highest BCUT2D eigenvalue weighted by atomic mass is 32.2. The molecular weight excluding hydrogens is 1100 g/mol. The number of piperazine rings is 1. The molecule has 84 heavy (non-hydrogen) atoms. The van der Waals surface area contributed by atoms with Crippen LogP contribution in [0.5, 0.6) is 17.4 Å². The summed E-state index contributed by atoms with van der Waals surface area (Å²) < 4.78 is 84.5. The molecule has 2 saturated carbocycles. The number of nitrogens with one attached hydrogen (secondary N) is 3. The first-order valence-corrected chi connectivity index (χ1v) is 30.9. The number of halogens is 2. The largest absolute Gasteiger partial charge is 0.491 e. The van der Waals surface area contributed by atoms with Crippen LogP contribution in [-0.4, -0.2) is 133 Å². The summed E-state index contributed by atoms with van der Waals surface area (Å²) in [6, 6.07) is 23.6. The van der Waals surface area contributed by atoms with Crippen molar-refractivity contribution in [3.05, 3.63) is 130 Å². The van der Waals surface area contributed by atoms with Crippen molar-refractivity contribution in [2.45, 2.75) is 132 Å². The minimum atomic E-state index is -4.76. The number of aromatic amines is 1. The van der Waals surface area contributed by atoms with Crippen molar-refractivity contribution in [1.82, 2.24) is 24.5 Å². The van der Waals surface area contributed by atoms with Crippen LogP contribution in [0.1, 0.15) is 106 Å². The first-order valence-electron chi connectivity index (χ1n) is 29.5. The third-order valence-electron chi connectivity index (χ3n) is 18.8. The number of aliphatic hydroxyl groups is 1. The highest BCUT2D eigenvalue weighted by Crippen LogP contribution is 2.54. The van der Waals surface area contributed by atoms with Crippen LogP contribution in [0.2, 0.25) is 0 Å². The molecule has 0 bridgehead atoms. The van der Waals surface area contributed by atoms with E-state index in [1.807, 2.05) is 55.1 Å². The van der Waals surface area contributed by atoms with E-state index in [4.69, 9.17) is 23.9 Å². The summed E-state index contributed by atoms with van der Waals surface area (Å²) in [5.74, 6) is -1.40. The molecule has 13 rings (SSSR count). The Bertz CT molecular complexity index is 3620. The van der Waals surface area contributed by atoms with Crippen molar-refractivity contribution in [3.63, 3.8) is 0 Å². The molecule has 6 aromatic rings. The average molecular weight is 1170 g/mol. The third kappa shape index (κ3) is 10.9. The molecule has 4 N–H and O–H groups in total. The number of sulfonamides is 1. The number of carbonyl (C=O) groups is 1. The summed E-state index contributed by atoms with van der Waals surface area (Å²) in [5, 5.41) is 27.3. The molecule has 2 aromatic heterocycles. The van der Waals surface area contributed by atoms with Crippen LogP contribution < -0.4 is 34.0 Å². The number of benzene rings is 4. The molecule has 1 spiro atoms. The van der Waals surface area contributed by atoms with Gasteiger partial charge in [-0.2, -0.15) is 4.98 Å². The molecule has 4 aromatic carbocycles. The van der Waals surface area contributed by atoms with Gasteiger partial charge in [0.1, 0.15) is 29.8 Å². The summed E-state index contributed by atoms with van der Waals surface area (Å²) in [5.41, 5.74) is 3.31. The molecule has 0 radical (unpaired) electrons. The standard InChI is InChI=1S/C62H71F2N9O10S/c1-37(2)82-54-7-5-4-6-44(54)53-34-69(33-38-8-11-46(63)47(64)26-38)23-24-71(53)42-31-62(32-42)18-21-70(22-19-62)41-9-10-45(50(28-41)72-49-15-25-80-36-56(49)83-60-52(72)27-40-14-20-65-58(40)67-60)59(74)68-84(78,79)43-29-51(73(76)77)57-55(30-43)81-35-48(66-57)39-12-16-61(3,75)17-13-39/h4-11,14,20,26-30,37,39,42,48-49,53,56,66,75H,12-13,15-19,21-25,31-36H2,1-3H3,(H,65,67)(H,68,74)/t39?,48-,49+,53-,56+,61?/m1/s1. The number of nitro groups is 1. The minimum Gasteiger partial charge on any atom is -0.491 e. The van der Waals surface area contributed by atoms with Crippen LogP contribution in [0.15, 0.2) is 96.0 Å². The van der Waals surface area contributed by atoms with Crippen LogP contribution in [0.25, 0.3) is 11.0 Å². The lowest BCUT2D eigenvalue weighted by atomic mass is 9.59. The Morgan fingerprint density at radius 2 is 1.74 bits per heavy atom. The third-order valence-corrected chi connectivity index (χ3v) is 20.1. The van der Waals surface area contributed by atoms with Gasteiger partial charge in [-0.15, -0.1) is 0 Å². The van der Waals surface area contributed by atoms with E-state index in [0.29, 0.717) is 80.7 Å². The van der Waals surface area contributed by atoms with E-state index in [9.17, 15) is 37.2 Å². The number of fused-ring (bicyclic) bond motifs is 4. The molecule has 5 fully saturated rings. The molecule has 444 valence electrons. The average Bonchev–Trinajstić information content (AvgIpc) is 1.31. The molecular formula is C62H71F2N9O10S. The van der Waals surface area contributed by atoms with Crippen LogP contribution >= 0.6 is 0 Å². The predicted octanol–water partition coefficient (Wildman–Crippen LogP) is 9.77. The number of carbonyl (C=O) groups excluding carboxylic acids is 1. The van der Waals surface area contributed by atoms with Gasteiger partial charge in [-0.3, -0.25) is 24.7 Å². The maximum Gasteiger partial charge on any atom is 0.297 e. The number of ether oxygens (including phenoxy) is 4. The number of piperidine rings is 1. The second-order valence-electron chi connectivity index (χ2n) is 24.8. The molecule has 4 atom stereocenters. The van der Waals surface area contributed by atoms with Crippen molar-refractivity contribution in [3.8, 4) is 17.4 Å². The molecule has 7 aliphatic rings. The number of nitrogens with zero attached hydrogens (tertiary/aromatic N) is 6. The fourth-order valence-electron chi connectivity index (χ4n) is 14.3. The molecule has 3 saturated heterocycles. The number of para-hydroxylation sites is 1. The highest BCUT2D eigenvalue weighted by Gasteiger charge is 2.51. The van der Waals surface area contributed by atoms with Crippen molar-refractivity contribution < 1.29 is 51.0 Å². The Kier molecular flexibility index (Phi) is 14.7. The minimum absolute atomic E-state index is 0.0123. The number of aromatic nitrogens is 2. The number of amides is 1. The van der Waals surface area contributed by atoms with E-state index >= 15 is 0 Å². The number of hydrogen-bond donors (Lipinski definition) is 4. The summed E-state index contributed by atoms with van der Waals surface area (Å²) in [6.45, 7) is 10.9. The predicted molar refractivity (Wildman–Crippen MR) is 312 cm³/mol. The fraction of sp³-hybridized carbons (Fsp3) is 0.484. The second-order valence-corrected chi connectivity index (χ2v) is 26.5. The number of rotatable bonds is 13. The monoisotopic (exact) mass is 1170 g/mol. The SMILES string of the molecule is CC(C)Oc1ccccc1[C@H]1CN(Cc2ccc(F)c(F)c2)CCN1C1CC2(CCN(c3ccc(C(=O)NS(=O)(=O)c4cc5c(c([N+](=O)[O-])c4)N[C@@H](C4CCC(C)(O)CC4)CO5)c(N4c5cc6cc[nH]c6nc5O[C@H]5COCC[C@@H]54)c3)CC2)C1. The Balaban J connectivity index is 0.769. The van der Waals surface area contributed by atoms with Gasteiger partial charge in [0.25, 0.3) is 21.6 Å². The van der Waals surface area contributed by atoms with E-state index in [2.05, 4.69) is 41.9 Å². The van der Waals surface area contributed by atoms with E-state index < -0.39 is 54.8 Å². The number of H-pyrrole nitrogens is 1.